The number of H-pyrrole nitrogens is 1. The predicted molar refractivity (Wildman–Crippen MR) is 86.7 cm³/mol. The van der Waals surface area contributed by atoms with E-state index in [0.717, 1.165) is 25.8 Å². The van der Waals surface area contributed by atoms with Gasteiger partial charge in [-0.2, -0.15) is 0 Å². The van der Waals surface area contributed by atoms with Gasteiger partial charge < -0.3 is 10.6 Å². The number of fused-ring (bicyclic) bond motifs is 1. The van der Waals surface area contributed by atoms with E-state index in [4.69, 9.17) is 5.73 Å². The number of hydrogen-bond donors (Lipinski definition) is 2. The second-order valence-corrected chi connectivity index (χ2v) is 5.80. The third kappa shape index (κ3) is 2.73. The van der Waals surface area contributed by atoms with Crippen LogP contribution in [0, 0.1) is 0 Å². The average Bonchev–Trinajstić information content (AvgIpc) is 2.49. The number of rotatable bonds is 3. The molecule has 0 bridgehead atoms. The van der Waals surface area contributed by atoms with Crippen molar-refractivity contribution in [2.45, 2.75) is 45.1 Å². The van der Waals surface area contributed by atoms with Gasteiger partial charge in [0.2, 0.25) is 5.95 Å². The van der Waals surface area contributed by atoms with E-state index in [9.17, 15) is 4.79 Å². The number of benzene rings is 1. The molecule has 5 heteroatoms. The summed E-state index contributed by atoms with van der Waals surface area (Å²) in [7, 11) is 0. The van der Waals surface area contributed by atoms with Crippen LogP contribution in [0.5, 0.6) is 0 Å². The van der Waals surface area contributed by atoms with E-state index in [-0.39, 0.29) is 5.56 Å². The molecule has 3 rings (SSSR count). The fourth-order valence-corrected chi connectivity index (χ4v) is 3.19. The van der Waals surface area contributed by atoms with Gasteiger partial charge in [0.15, 0.2) is 0 Å². The van der Waals surface area contributed by atoms with E-state index in [1.165, 1.54) is 12.8 Å². The first-order chi connectivity index (χ1) is 10.2. The summed E-state index contributed by atoms with van der Waals surface area (Å²) in [6.45, 7) is 3.17. The maximum absolute atomic E-state index is 12.3. The third-order valence-electron chi connectivity index (χ3n) is 4.24. The predicted octanol–water partition coefficient (Wildman–Crippen LogP) is 2.66. The van der Waals surface area contributed by atoms with E-state index in [2.05, 4.69) is 21.8 Å². The molecule has 0 saturated carbocycles. The van der Waals surface area contributed by atoms with Crippen LogP contribution in [0.15, 0.2) is 23.0 Å². The number of nitrogens with two attached hydrogens (primary N) is 1. The Hall–Kier alpha value is -2.04. The van der Waals surface area contributed by atoms with Gasteiger partial charge in [-0.15, -0.1) is 0 Å². The Labute approximate surface area is 124 Å². The molecule has 21 heavy (non-hydrogen) atoms. The number of nitrogen functional groups attached to an aromatic ring is 1. The van der Waals surface area contributed by atoms with Crippen LogP contribution in [-0.2, 0) is 0 Å². The number of piperidine rings is 1. The highest BCUT2D eigenvalue weighted by molar-refractivity contribution is 5.81. The maximum Gasteiger partial charge on any atom is 0.260 e. The molecule has 1 aromatic heterocycles. The van der Waals surface area contributed by atoms with Crippen molar-refractivity contribution in [2.75, 3.05) is 17.2 Å². The molecule has 1 unspecified atom stereocenters. The summed E-state index contributed by atoms with van der Waals surface area (Å²) in [6, 6.07) is 5.78. The molecular formula is C16H22N4O. The van der Waals surface area contributed by atoms with Crippen LogP contribution in [0.1, 0.15) is 39.0 Å². The van der Waals surface area contributed by atoms with Gasteiger partial charge in [-0.1, -0.05) is 13.3 Å². The summed E-state index contributed by atoms with van der Waals surface area (Å²) in [5.74, 6) is 0.704. The van der Waals surface area contributed by atoms with E-state index < -0.39 is 0 Å². The van der Waals surface area contributed by atoms with Gasteiger partial charge in [-0.25, -0.2) is 4.98 Å². The quantitative estimate of drug-likeness (QED) is 0.851. The fourth-order valence-electron chi connectivity index (χ4n) is 3.19. The first-order valence-corrected chi connectivity index (χ1v) is 7.75. The zero-order valence-electron chi connectivity index (χ0n) is 12.4. The molecule has 1 fully saturated rings. The van der Waals surface area contributed by atoms with Gasteiger partial charge in [-0.3, -0.25) is 9.78 Å². The monoisotopic (exact) mass is 286 g/mol. The molecule has 5 nitrogen and oxygen atoms in total. The van der Waals surface area contributed by atoms with Crippen molar-refractivity contribution in [3.05, 3.63) is 28.6 Å². The molecule has 1 aliphatic rings. The fraction of sp³-hybridized carbons (Fsp3) is 0.500. The second-order valence-electron chi connectivity index (χ2n) is 5.80. The van der Waals surface area contributed by atoms with Crippen LogP contribution < -0.4 is 16.2 Å². The zero-order valence-corrected chi connectivity index (χ0v) is 12.4. The minimum absolute atomic E-state index is 0.108. The first-order valence-electron chi connectivity index (χ1n) is 7.75. The Balaban J connectivity index is 2.03. The topological polar surface area (TPSA) is 75.0 Å². The molecule has 0 amide bonds. The lowest BCUT2D eigenvalue weighted by Crippen LogP contribution is -2.41. The van der Waals surface area contributed by atoms with Crippen LogP contribution in [0.2, 0.25) is 0 Å². The number of anilines is 2. The van der Waals surface area contributed by atoms with Crippen LogP contribution in [0.4, 0.5) is 11.6 Å². The van der Waals surface area contributed by atoms with Gasteiger partial charge in [0.05, 0.1) is 10.9 Å². The molecule has 1 aliphatic heterocycles. The molecule has 2 heterocycles. The summed E-state index contributed by atoms with van der Waals surface area (Å²) in [4.78, 5) is 22.1. The van der Waals surface area contributed by atoms with Crippen LogP contribution in [0.25, 0.3) is 10.9 Å². The second kappa shape index (κ2) is 5.76. The van der Waals surface area contributed by atoms with Crippen molar-refractivity contribution < 1.29 is 0 Å². The molecule has 2 aromatic rings. The van der Waals surface area contributed by atoms with E-state index in [1.54, 1.807) is 12.1 Å². The summed E-state index contributed by atoms with van der Waals surface area (Å²) >= 11 is 0. The van der Waals surface area contributed by atoms with Gasteiger partial charge in [0.25, 0.3) is 5.56 Å². The summed E-state index contributed by atoms with van der Waals surface area (Å²) < 4.78 is 0. The minimum atomic E-state index is -0.108. The van der Waals surface area contributed by atoms with Gasteiger partial charge in [0, 0.05) is 18.3 Å². The zero-order chi connectivity index (χ0) is 14.8. The molecule has 0 spiro atoms. The highest BCUT2D eigenvalue weighted by Gasteiger charge is 2.23. The summed E-state index contributed by atoms with van der Waals surface area (Å²) in [6.07, 6.45) is 5.88. The number of nitrogens with one attached hydrogen (secondary N) is 1. The van der Waals surface area contributed by atoms with Crippen molar-refractivity contribution in [1.29, 1.82) is 0 Å². The van der Waals surface area contributed by atoms with Crippen molar-refractivity contribution >= 4 is 22.5 Å². The Morgan fingerprint density at radius 3 is 3.10 bits per heavy atom. The molecule has 0 radical (unpaired) electrons. The number of hydrogen-bond acceptors (Lipinski definition) is 4. The Morgan fingerprint density at radius 2 is 2.29 bits per heavy atom. The third-order valence-corrected chi connectivity index (χ3v) is 4.24. The smallest absolute Gasteiger partial charge is 0.260 e. The van der Waals surface area contributed by atoms with Crippen LogP contribution in [-0.4, -0.2) is 22.6 Å². The Kier molecular flexibility index (Phi) is 3.82. The van der Waals surface area contributed by atoms with E-state index in [0.29, 0.717) is 28.6 Å². The highest BCUT2D eigenvalue weighted by Crippen LogP contribution is 2.25. The van der Waals surface area contributed by atoms with Crippen molar-refractivity contribution in [3.63, 3.8) is 0 Å². The number of aromatic nitrogens is 2. The van der Waals surface area contributed by atoms with Crippen molar-refractivity contribution in [3.8, 4) is 0 Å². The number of nitrogens with zero attached hydrogens (tertiary/aromatic N) is 2. The lowest BCUT2D eigenvalue weighted by molar-refractivity contribution is 0.428. The molecule has 1 saturated heterocycles. The normalized spacial score (nSPS) is 19.1. The molecule has 112 valence electrons. The van der Waals surface area contributed by atoms with Crippen LogP contribution >= 0.6 is 0 Å². The van der Waals surface area contributed by atoms with Gasteiger partial charge in [-0.05, 0) is 43.9 Å². The summed E-state index contributed by atoms with van der Waals surface area (Å²) in [5, 5.41) is 0.558. The van der Waals surface area contributed by atoms with E-state index in [1.807, 2.05) is 6.07 Å². The number of aromatic amines is 1. The average molecular weight is 286 g/mol. The molecule has 3 N–H and O–H groups in total. The minimum Gasteiger partial charge on any atom is -0.399 e. The van der Waals surface area contributed by atoms with Crippen molar-refractivity contribution in [1.82, 2.24) is 9.97 Å². The molecule has 1 aromatic carbocycles. The summed E-state index contributed by atoms with van der Waals surface area (Å²) in [5.41, 5.74) is 6.94. The standard InChI is InChI=1S/C16H22N4O/c1-2-5-12-6-3-4-9-20(12)16-18-14-8-7-11(17)10-13(14)15(21)19-16/h7-8,10,12H,2-6,9,17H2,1H3,(H,18,19,21). The van der Waals surface area contributed by atoms with E-state index >= 15 is 0 Å². The van der Waals surface area contributed by atoms with Crippen LogP contribution in [0.3, 0.4) is 0 Å². The lowest BCUT2D eigenvalue weighted by Gasteiger charge is -2.36. The van der Waals surface area contributed by atoms with Crippen molar-refractivity contribution in [2.24, 2.45) is 0 Å². The Morgan fingerprint density at radius 1 is 1.43 bits per heavy atom. The first kappa shape index (κ1) is 13.9. The van der Waals surface area contributed by atoms with Gasteiger partial charge in [0.1, 0.15) is 0 Å². The molecular weight excluding hydrogens is 264 g/mol. The molecule has 1 atom stereocenters. The lowest BCUT2D eigenvalue weighted by atomic mass is 9.99. The largest absolute Gasteiger partial charge is 0.399 e. The highest BCUT2D eigenvalue weighted by atomic mass is 16.1. The maximum atomic E-state index is 12.3. The molecule has 0 aliphatic carbocycles. The van der Waals surface area contributed by atoms with Gasteiger partial charge >= 0.3 is 0 Å². The Bertz CT molecular complexity index is 692. The SMILES string of the molecule is CCCC1CCCCN1c1nc2ccc(N)cc2c(=O)[nH]1.